The second-order valence-corrected chi connectivity index (χ2v) is 7.42. The average molecular weight is 390 g/mol. The normalized spacial score (nSPS) is 14.3. The second kappa shape index (κ2) is 7.54. The van der Waals surface area contributed by atoms with E-state index in [1.165, 1.54) is 5.69 Å². The fraction of sp³-hybridized carbons (Fsp3) is 0.261. The standard InChI is InChI=1S/C23H26N4O2/c1-15-21(17-8-9-19(24)20(25)14-17)22(16(2)29-15)23(28)27-12-10-26(11-13-27)18-6-4-3-5-7-18/h3-9,14H,10-13,24-25H2,1-2H3. The molecule has 6 nitrogen and oxygen atoms in total. The van der Waals surface area contributed by atoms with Crippen LogP contribution in [0.25, 0.3) is 11.1 Å². The minimum Gasteiger partial charge on any atom is -0.465 e. The van der Waals surface area contributed by atoms with Gasteiger partial charge >= 0.3 is 0 Å². The van der Waals surface area contributed by atoms with Gasteiger partial charge in [-0.3, -0.25) is 4.79 Å². The van der Waals surface area contributed by atoms with Crippen molar-refractivity contribution < 1.29 is 9.21 Å². The molecule has 0 spiro atoms. The van der Waals surface area contributed by atoms with Gasteiger partial charge in [-0.1, -0.05) is 24.3 Å². The smallest absolute Gasteiger partial charge is 0.258 e. The van der Waals surface area contributed by atoms with Gasteiger partial charge in [-0.25, -0.2) is 0 Å². The van der Waals surface area contributed by atoms with Crippen molar-refractivity contribution in [2.45, 2.75) is 13.8 Å². The van der Waals surface area contributed by atoms with Crippen LogP contribution in [0.15, 0.2) is 52.9 Å². The molecule has 6 heteroatoms. The molecule has 1 aliphatic heterocycles. The van der Waals surface area contributed by atoms with Gasteiger partial charge in [-0.15, -0.1) is 0 Å². The van der Waals surface area contributed by atoms with E-state index in [1.807, 2.05) is 43.0 Å². The summed E-state index contributed by atoms with van der Waals surface area (Å²) in [7, 11) is 0. The van der Waals surface area contributed by atoms with Gasteiger partial charge in [0.05, 0.1) is 16.9 Å². The molecule has 2 heterocycles. The number of carbonyl (C=O) groups excluding carboxylic acids is 1. The van der Waals surface area contributed by atoms with E-state index in [-0.39, 0.29) is 5.91 Å². The first-order chi connectivity index (χ1) is 14.0. The first-order valence-electron chi connectivity index (χ1n) is 9.80. The van der Waals surface area contributed by atoms with Crippen LogP contribution in [-0.4, -0.2) is 37.0 Å². The van der Waals surface area contributed by atoms with Crippen LogP contribution in [0.5, 0.6) is 0 Å². The third-order valence-electron chi connectivity index (χ3n) is 5.54. The molecule has 4 rings (SSSR count). The van der Waals surface area contributed by atoms with Crippen LogP contribution in [0, 0.1) is 13.8 Å². The van der Waals surface area contributed by atoms with E-state index >= 15 is 0 Å². The lowest BCUT2D eigenvalue weighted by atomic mass is 9.98. The minimum absolute atomic E-state index is 0.00235. The fourth-order valence-corrected chi connectivity index (χ4v) is 3.98. The van der Waals surface area contributed by atoms with Crippen molar-refractivity contribution >= 4 is 23.0 Å². The molecule has 1 aliphatic rings. The molecular formula is C23H26N4O2. The van der Waals surface area contributed by atoms with Gasteiger partial charge in [0.2, 0.25) is 0 Å². The van der Waals surface area contributed by atoms with Gasteiger partial charge in [0.15, 0.2) is 0 Å². The van der Waals surface area contributed by atoms with Crippen LogP contribution in [0.4, 0.5) is 17.1 Å². The lowest BCUT2D eigenvalue weighted by Gasteiger charge is -2.36. The number of amides is 1. The van der Waals surface area contributed by atoms with Crippen LogP contribution in [0.3, 0.4) is 0 Å². The summed E-state index contributed by atoms with van der Waals surface area (Å²) in [6.07, 6.45) is 0. The maximum absolute atomic E-state index is 13.4. The van der Waals surface area contributed by atoms with Gasteiger partial charge in [-0.05, 0) is 43.7 Å². The quantitative estimate of drug-likeness (QED) is 0.666. The number of rotatable bonds is 3. The van der Waals surface area contributed by atoms with Crippen LogP contribution >= 0.6 is 0 Å². The fourth-order valence-electron chi connectivity index (χ4n) is 3.98. The topological polar surface area (TPSA) is 88.7 Å². The predicted molar refractivity (Wildman–Crippen MR) is 117 cm³/mol. The molecule has 3 aromatic rings. The molecule has 1 aromatic heterocycles. The third kappa shape index (κ3) is 3.53. The van der Waals surface area contributed by atoms with E-state index in [1.54, 1.807) is 12.1 Å². The molecular weight excluding hydrogens is 364 g/mol. The van der Waals surface area contributed by atoms with Crippen LogP contribution in [0.1, 0.15) is 21.9 Å². The summed E-state index contributed by atoms with van der Waals surface area (Å²) >= 11 is 0. The Hall–Kier alpha value is -3.41. The van der Waals surface area contributed by atoms with E-state index in [0.29, 0.717) is 41.5 Å². The zero-order valence-electron chi connectivity index (χ0n) is 16.8. The number of carbonyl (C=O) groups is 1. The SMILES string of the molecule is Cc1oc(C)c(-c2ccc(N)c(N)c2)c1C(=O)N1CCN(c2ccccc2)CC1. The maximum Gasteiger partial charge on any atom is 0.258 e. The number of nitrogen functional groups attached to an aromatic ring is 2. The summed E-state index contributed by atoms with van der Waals surface area (Å²) in [5.41, 5.74) is 16.3. The van der Waals surface area contributed by atoms with Crippen molar-refractivity contribution in [2.75, 3.05) is 42.5 Å². The highest BCUT2D eigenvalue weighted by molar-refractivity contribution is 6.03. The van der Waals surface area contributed by atoms with Crippen molar-refractivity contribution in [1.29, 1.82) is 0 Å². The maximum atomic E-state index is 13.4. The molecule has 0 atom stereocenters. The highest BCUT2D eigenvalue weighted by Crippen LogP contribution is 2.35. The third-order valence-corrected chi connectivity index (χ3v) is 5.54. The molecule has 0 saturated carbocycles. The van der Waals surface area contributed by atoms with Crippen molar-refractivity contribution in [2.24, 2.45) is 0 Å². The summed E-state index contributed by atoms with van der Waals surface area (Å²) in [4.78, 5) is 17.6. The second-order valence-electron chi connectivity index (χ2n) is 7.42. The predicted octanol–water partition coefficient (Wildman–Crippen LogP) is 3.69. The van der Waals surface area contributed by atoms with Gasteiger partial charge in [0.1, 0.15) is 11.5 Å². The van der Waals surface area contributed by atoms with E-state index in [4.69, 9.17) is 15.9 Å². The Kier molecular flexibility index (Phi) is 4.92. The molecule has 1 saturated heterocycles. The number of nitrogens with two attached hydrogens (primary N) is 2. The molecule has 1 amide bonds. The molecule has 0 unspecified atom stereocenters. The highest BCUT2D eigenvalue weighted by Gasteiger charge is 2.29. The number of benzene rings is 2. The number of anilines is 3. The lowest BCUT2D eigenvalue weighted by Crippen LogP contribution is -2.49. The Morgan fingerprint density at radius 2 is 1.59 bits per heavy atom. The van der Waals surface area contributed by atoms with E-state index in [2.05, 4.69) is 17.0 Å². The summed E-state index contributed by atoms with van der Waals surface area (Å²) in [6.45, 7) is 6.65. The first-order valence-corrected chi connectivity index (χ1v) is 9.80. The molecule has 2 aromatic carbocycles. The number of piperazine rings is 1. The number of nitrogens with zero attached hydrogens (tertiary/aromatic N) is 2. The molecule has 0 bridgehead atoms. The number of para-hydroxylation sites is 1. The summed E-state index contributed by atoms with van der Waals surface area (Å²) < 4.78 is 5.84. The lowest BCUT2D eigenvalue weighted by molar-refractivity contribution is 0.0745. The highest BCUT2D eigenvalue weighted by atomic mass is 16.3. The largest absolute Gasteiger partial charge is 0.465 e. The van der Waals surface area contributed by atoms with Crippen molar-refractivity contribution in [3.63, 3.8) is 0 Å². The number of hydrogen-bond acceptors (Lipinski definition) is 5. The monoisotopic (exact) mass is 390 g/mol. The number of furan rings is 1. The van der Waals surface area contributed by atoms with Crippen molar-refractivity contribution in [3.8, 4) is 11.1 Å². The Bertz CT molecular complexity index is 1030. The van der Waals surface area contributed by atoms with E-state index < -0.39 is 0 Å². The zero-order valence-corrected chi connectivity index (χ0v) is 16.8. The Morgan fingerprint density at radius 3 is 2.24 bits per heavy atom. The van der Waals surface area contributed by atoms with Crippen LogP contribution < -0.4 is 16.4 Å². The Balaban J connectivity index is 1.59. The van der Waals surface area contributed by atoms with E-state index in [9.17, 15) is 4.79 Å². The molecule has 0 aliphatic carbocycles. The van der Waals surface area contributed by atoms with Crippen LogP contribution in [-0.2, 0) is 0 Å². The zero-order chi connectivity index (χ0) is 20.5. The molecule has 150 valence electrons. The van der Waals surface area contributed by atoms with Gasteiger partial charge in [-0.2, -0.15) is 0 Å². The van der Waals surface area contributed by atoms with Gasteiger partial charge < -0.3 is 25.7 Å². The minimum atomic E-state index is -0.00235. The first kappa shape index (κ1) is 18.9. The number of hydrogen-bond donors (Lipinski definition) is 2. The number of aryl methyl sites for hydroxylation is 2. The van der Waals surface area contributed by atoms with Crippen molar-refractivity contribution in [1.82, 2.24) is 4.90 Å². The molecule has 4 N–H and O–H groups in total. The van der Waals surface area contributed by atoms with E-state index in [0.717, 1.165) is 24.2 Å². The molecule has 0 radical (unpaired) electrons. The average Bonchev–Trinajstić information content (AvgIpc) is 3.04. The Labute approximate surface area is 170 Å². The summed E-state index contributed by atoms with van der Waals surface area (Å²) in [6, 6.07) is 15.7. The Morgan fingerprint density at radius 1 is 0.897 bits per heavy atom. The summed E-state index contributed by atoms with van der Waals surface area (Å²) in [5, 5.41) is 0. The van der Waals surface area contributed by atoms with Gasteiger partial charge in [0.25, 0.3) is 5.91 Å². The van der Waals surface area contributed by atoms with Gasteiger partial charge in [0, 0.05) is 37.4 Å². The molecule has 1 fully saturated rings. The summed E-state index contributed by atoms with van der Waals surface area (Å²) in [5.74, 6) is 1.33. The van der Waals surface area contributed by atoms with Crippen molar-refractivity contribution in [3.05, 3.63) is 65.6 Å². The van der Waals surface area contributed by atoms with Crippen LogP contribution in [0.2, 0.25) is 0 Å². The molecule has 29 heavy (non-hydrogen) atoms.